The number of carboxylic acids is 3. The monoisotopic (exact) mass is 480 g/mol. The van der Waals surface area contributed by atoms with Gasteiger partial charge in [-0.1, -0.05) is 0 Å². The quantitative estimate of drug-likeness (QED) is 0.116. The number of aliphatic hydroxyl groups excluding tert-OH is 1. The lowest BCUT2D eigenvalue weighted by Gasteiger charge is -2.24. The van der Waals surface area contributed by atoms with Gasteiger partial charge in [0, 0.05) is 0 Å². The molecule has 0 aromatic carbocycles. The van der Waals surface area contributed by atoms with Crippen molar-refractivity contribution in [2.24, 2.45) is 5.73 Å². The van der Waals surface area contributed by atoms with Crippen molar-refractivity contribution in [3.8, 4) is 0 Å². The third-order valence-electron chi connectivity index (χ3n) is 4.07. The number of nitrogens with two attached hydrogens (primary N) is 1. The summed E-state index contributed by atoms with van der Waals surface area (Å²) in [7, 11) is 0. The Labute approximate surface area is 187 Å². The zero-order valence-corrected chi connectivity index (χ0v) is 18.3. The first-order valence-corrected chi connectivity index (χ1v) is 10.7. The number of carbonyl (C=O) groups excluding carboxylic acids is 3. The van der Waals surface area contributed by atoms with E-state index in [4.69, 9.17) is 21.1 Å². The summed E-state index contributed by atoms with van der Waals surface area (Å²) >= 11 is 1.30. The van der Waals surface area contributed by atoms with Gasteiger partial charge in [0.25, 0.3) is 0 Å². The first kappa shape index (κ1) is 29.1. The summed E-state index contributed by atoms with van der Waals surface area (Å²) in [5.74, 6) is -7.25. The van der Waals surface area contributed by atoms with Crippen LogP contribution in [-0.4, -0.2) is 98.3 Å². The number of nitrogens with one attached hydrogen (secondary N) is 3. The van der Waals surface area contributed by atoms with Crippen LogP contribution >= 0.6 is 11.8 Å². The Morgan fingerprint density at radius 3 is 1.69 bits per heavy atom. The van der Waals surface area contributed by atoms with Crippen LogP contribution in [0.15, 0.2) is 0 Å². The molecule has 14 nitrogen and oxygen atoms in total. The number of carbonyl (C=O) groups is 6. The standard InChI is InChI=1S/C17H28N4O10S/c1-7(22)13(18)16(29)20-9(5-11(23)24)15(28)19-8(3-4-32-2)14(27)21-10(17(30)31)6-12(25)26/h7-10,13,22H,3-6,18H2,1-2H3,(H,19,28)(H,20,29)(H,21,27)(H,23,24)(H,25,26)(H,30,31). The largest absolute Gasteiger partial charge is 0.481 e. The molecule has 0 radical (unpaired) electrons. The smallest absolute Gasteiger partial charge is 0.326 e. The van der Waals surface area contributed by atoms with E-state index in [9.17, 15) is 33.9 Å². The third kappa shape index (κ3) is 10.9. The number of carboxylic acid groups (broad SMARTS) is 3. The van der Waals surface area contributed by atoms with Crippen LogP contribution in [0.3, 0.4) is 0 Å². The van der Waals surface area contributed by atoms with Crippen LogP contribution in [0.1, 0.15) is 26.2 Å². The lowest BCUT2D eigenvalue weighted by Crippen LogP contribution is -2.58. The van der Waals surface area contributed by atoms with Gasteiger partial charge < -0.3 is 42.1 Å². The van der Waals surface area contributed by atoms with Crippen LogP contribution in [0.25, 0.3) is 0 Å². The van der Waals surface area contributed by atoms with Crippen molar-refractivity contribution < 1.29 is 49.2 Å². The summed E-state index contributed by atoms with van der Waals surface area (Å²) < 4.78 is 0. The van der Waals surface area contributed by atoms with Crippen molar-refractivity contribution in [2.75, 3.05) is 12.0 Å². The van der Waals surface area contributed by atoms with Crippen molar-refractivity contribution >= 4 is 47.4 Å². The molecule has 0 spiro atoms. The SMILES string of the molecule is CSCCC(NC(=O)C(CC(=O)O)NC(=O)C(N)C(C)O)C(=O)NC(CC(=O)O)C(=O)O. The second-order valence-corrected chi connectivity index (χ2v) is 7.75. The van der Waals surface area contributed by atoms with Gasteiger partial charge in [0.1, 0.15) is 24.2 Å². The molecular formula is C17H28N4O10S. The molecule has 0 aliphatic carbocycles. The zero-order valence-electron chi connectivity index (χ0n) is 17.4. The fourth-order valence-electron chi connectivity index (χ4n) is 2.29. The van der Waals surface area contributed by atoms with Crippen molar-refractivity contribution in [3.05, 3.63) is 0 Å². The Morgan fingerprint density at radius 2 is 1.25 bits per heavy atom. The summed E-state index contributed by atoms with van der Waals surface area (Å²) in [6.45, 7) is 1.22. The summed E-state index contributed by atoms with van der Waals surface area (Å²) in [6.07, 6.45) is -1.35. The van der Waals surface area contributed by atoms with Crippen LogP contribution in [0.4, 0.5) is 0 Å². The molecule has 0 rings (SSSR count). The first-order chi connectivity index (χ1) is 14.8. The van der Waals surface area contributed by atoms with E-state index in [1.54, 1.807) is 6.26 Å². The predicted molar refractivity (Wildman–Crippen MR) is 111 cm³/mol. The van der Waals surface area contributed by atoms with Crippen LogP contribution in [0.2, 0.25) is 0 Å². The minimum atomic E-state index is -1.76. The predicted octanol–water partition coefficient (Wildman–Crippen LogP) is -3.06. The number of aliphatic carboxylic acids is 3. The zero-order chi connectivity index (χ0) is 25.0. The van der Waals surface area contributed by atoms with Crippen LogP contribution < -0.4 is 21.7 Å². The second kappa shape index (κ2) is 14.2. The van der Waals surface area contributed by atoms with E-state index in [2.05, 4.69) is 10.6 Å². The number of aliphatic hydroxyl groups is 1. The van der Waals surface area contributed by atoms with E-state index >= 15 is 0 Å². The molecule has 182 valence electrons. The van der Waals surface area contributed by atoms with E-state index in [0.717, 1.165) is 0 Å². The molecule has 0 aliphatic rings. The summed E-state index contributed by atoms with van der Waals surface area (Å²) in [4.78, 5) is 70.2. The highest BCUT2D eigenvalue weighted by Gasteiger charge is 2.32. The molecule has 0 aromatic rings. The van der Waals surface area contributed by atoms with Crippen LogP contribution in [-0.2, 0) is 28.8 Å². The van der Waals surface area contributed by atoms with E-state index in [-0.39, 0.29) is 6.42 Å². The average molecular weight is 480 g/mol. The Bertz CT molecular complexity index is 717. The van der Waals surface area contributed by atoms with E-state index in [1.807, 2.05) is 5.32 Å². The van der Waals surface area contributed by atoms with Crippen LogP contribution in [0, 0.1) is 0 Å². The van der Waals surface area contributed by atoms with Gasteiger partial charge >= 0.3 is 17.9 Å². The van der Waals surface area contributed by atoms with Gasteiger partial charge in [-0.05, 0) is 25.4 Å². The Balaban J connectivity index is 5.51. The number of hydrogen-bond acceptors (Lipinski definition) is 9. The molecule has 5 unspecified atom stereocenters. The fourth-order valence-corrected chi connectivity index (χ4v) is 2.77. The highest BCUT2D eigenvalue weighted by Crippen LogP contribution is 2.05. The van der Waals surface area contributed by atoms with Gasteiger partial charge in [0.05, 0.1) is 18.9 Å². The van der Waals surface area contributed by atoms with E-state index < -0.39 is 78.7 Å². The second-order valence-electron chi connectivity index (χ2n) is 6.77. The minimum Gasteiger partial charge on any atom is -0.481 e. The maximum atomic E-state index is 12.6. The highest BCUT2D eigenvalue weighted by atomic mass is 32.2. The van der Waals surface area contributed by atoms with Crippen molar-refractivity contribution in [1.82, 2.24) is 16.0 Å². The number of amides is 3. The summed E-state index contributed by atoms with van der Waals surface area (Å²) in [5.41, 5.74) is 5.47. The van der Waals surface area contributed by atoms with Gasteiger partial charge in [-0.15, -0.1) is 0 Å². The normalized spacial score (nSPS) is 15.4. The van der Waals surface area contributed by atoms with Crippen molar-refractivity contribution in [3.63, 3.8) is 0 Å². The van der Waals surface area contributed by atoms with E-state index in [1.165, 1.54) is 18.7 Å². The molecule has 0 bridgehead atoms. The number of thioether (sulfide) groups is 1. The summed E-state index contributed by atoms with van der Waals surface area (Å²) in [5, 5.41) is 42.6. The third-order valence-corrected chi connectivity index (χ3v) is 4.72. The first-order valence-electron chi connectivity index (χ1n) is 9.30. The Hall–Kier alpha value is -2.91. The molecule has 0 fully saturated rings. The van der Waals surface area contributed by atoms with Gasteiger partial charge in [-0.2, -0.15) is 11.8 Å². The number of rotatable bonds is 15. The maximum Gasteiger partial charge on any atom is 0.326 e. The van der Waals surface area contributed by atoms with Gasteiger partial charge in [-0.3, -0.25) is 24.0 Å². The molecule has 0 saturated heterocycles. The maximum absolute atomic E-state index is 12.6. The molecule has 3 amide bonds. The Kier molecular flexibility index (Phi) is 12.9. The molecule has 9 N–H and O–H groups in total. The lowest BCUT2D eigenvalue weighted by molar-refractivity contribution is -0.147. The molecule has 0 aliphatic heterocycles. The summed E-state index contributed by atoms with van der Waals surface area (Å²) in [6, 6.07) is -6.19. The highest BCUT2D eigenvalue weighted by molar-refractivity contribution is 7.98. The minimum absolute atomic E-state index is 0.000916. The van der Waals surface area contributed by atoms with E-state index in [0.29, 0.717) is 5.75 Å². The molecule has 15 heteroatoms. The molecule has 0 aromatic heterocycles. The van der Waals surface area contributed by atoms with Gasteiger partial charge in [0.15, 0.2) is 0 Å². The molecule has 5 atom stereocenters. The van der Waals surface area contributed by atoms with Crippen LogP contribution in [0.5, 0.6) is 0 Å². The number of hydrogen-bond donors (Lipinski definition) is 8. The molecular weight excluding hydrogens is 452 g/mol. The van der Waals surface area contributed by atoms with Gasteiger partial charge in [-0.25, -0.2) is 4.79 Å². The molecule has 32 heavy (non-hydrogen) atoms. The van der Waals surface area contributed by atoms with Gasteiger partial charge in [0.2, 0.25) is 17.7 Å². The molecule has 0 saturated carbocycles. The average Bonchev–Trinajstić information content (AvgIpc) is 2.68. The fraction of sp³-hybridized carbons (Fsp3) is 0.647. The molecule has 0 heterocycles. The topological polar surface area (TPSA) is 245 Å². The van der Waals surface area contributed by atoms with Crippen molar-refractivity contribution in [2.45, 2.75) is 56.5 Å². The van der Waals surface area contributed by atoms with Crippen molar-refractivity contribution in [1.29, 1.82) is 0 Å². The Morgan fingerprint density at radius 1 is 0.812 bits per heavy atom. The lowest BCUT2D eigenvalue weighted by atomic mass is 10.1.